The largest absolute Gasteiger partial charge is 0.326 e. The molecule has 0 aliphatic heterocycles. The molecule has 0 saturated heterocycles. The predicted octanol–water partition coefficient (Wildman–Crippen LogP) is 1.24. The number of unbranched alkanes of at least 4 members (excludes halogenated alkanes) is 1. The summed E-state index contributed by atoms with van der Waals surface area (Å²) in [7, 11) is 0. The van der Waals surface area contributed by atoms with Gasteiger partial charge in [0.2, 0.25) is 0 Å². The lowest BCUT2D eigenvalue weighted by Crippen LogP contribution is -2.40. The molecular weight excluding hydrogens is 124 g/mol. The number of hydrogen-bond donors (Lipinski definition) is 2. The van der Waals surface area contributed by atoms with Gasteiger partial charge in [0.1, 0.15) is 0 Å². The third kappa shape index (κ3) is 3.85. The fraction of sp³-hybridized carbons (Fsp3) is 1.00. The molecule has 0 amide bonds. The molecule has 62 valence electrons. The Morgan fingerprint density at radius 1 is 1.10 bits per heavy atom. The second-order valence-electron chi connectivity index (χ2n) is 2.88. The van der Waals surface area contributed by atoms with Crippen LogP contribution in [0.3, 0.4) is 0 Å². The molecule has 0 fully saturated rings. The van der Waals surface area contributed by atoms with E-state index in [1.165, 1.54) is 12.8 Å². The molecule has 0 aliphatic carbocycles. The zero-order valence-electron chi connectivity index (χ0n) is 7.14. The van der Waals surface area contributed by atoms with Crippen molar-refractivity contribution >= 4 is 0 Å². The van der Waals surface area contributed by atoms with Gasteiger partial charge in [0, 0.05) is 12.1 Å². The Labute approximate surface area is 64.0 Å². The molecule has 0 aromatic rings. The summed E-state index contributed by atoms with van der Waals surface area (Å²) in [5.74, 6) is 0. The van der Waals surface area contributed by atoms with E-state index >= 15 is 0 Å². The molecule has 2 nitrogen and oxygen atoms in total. The summed E-state index contributed by atoms with van der Waals surface area (Å²) >= 11 is 0. The van der Waals surface area contributed by atoms with E-state index in [1.807, 2.05) is 0 Å². The topological polar surface area (TPSA) is 52.0 Å². The van der Waals surface area contributed by atoms with Crippen LogP contribution < -0.4 is 11.5 Å². The van der Waals surface area contributed by atoms with Crippen LogP contribution in [-0.2, 0) is 0 Å². The second kappa shape index (κ2) is 5.69. The average Bonchev–Trinajstić information content (AvgIpc) is 1.98. The second-order valence-corrected chi connectivity index (χ2v) is 2.88. The molecule has 2 atom stereocenters. The Morgan fingerprint density at radius 3 is 2.10 bits per heavy atom. The molecule has 0 bridgehead atoms. The third-order valence-electron chi connectivity index (χ3n) is 1.91. The quantitative estimate of drug-likeness (QED) is 0.610. The SMILES string of the molecule is CCCCC(N)C(N)CC. The van der Waals surface area contributed by atoms with E-state index in [1.54, 1.807) is 0 Å². The summed E-state index contributed by atoms with van der Waals surface area (Å²) in [6.45, 7) is 4.25. The summed E-state index contributed by atoms with van der Waals surface area (Å²) in [5.41, 5.74) is 11.5. The van der Waals surface area contributed by atoms with Crippen molar-refractivity contribution in [3.8, 4) is 0 Å². The molecular formula is C8H20N2. The molecule has 0 rings (SSSR count). The minimum atomic E-state index is 0.201. The summed E-state index contributed by atoms with van der Waals surface area (Å²) < 4.78 is 0. The van der Waals surface area contributed by atoms with Crippen LogP contribution in [0.2, 0.25) is 0 Å². The van der Waals surface area contributed by atoms with Gasteiger partial charge in [-0.05, 0) is 12.8 Å². The molecule has 0 spiro atoms. The first-order chi connectivity index (χ1) is 4.72. The van der Waals surface area contributed by atoms with Gasteiger partial charge in [-0.25, -0.2) is 0 Å². The van der Waals surface area contributed by atoms with Crippen LogP contribution in [0.15, 0.2) is 0 Å². The van der Waals surface area contributed by atoms with Gasteiger partial charge in [-0.15, -0.1) is 0 Å². The molecule has 0 aliphatic rings. The maximum Gasteiger partial charge on any atom is 0.0192 e. The number of rotatable bonds is 5. The maximum absolute atomic E-state index is 5.79. The van der Waals surface area contributed by atoms with Crippen LogP contribution in [0, 0.1) is 0 Å². The molecule has 0 saturated carbocycles. The molecule has 0 radical (unpaired) electrons. The Bertz CT molecular complexity index is 73.7. The van der Waals surface area contributed by atoms with Crippen LogP contribution in [0.5, 0.6) is 0 Å². The molecule has 2 unspecified atom stereocenters. The minimum absolute atomic E-state index is 0.201. The van der Waals surface area contributed by atoms with Crippen LogP contribution in [0.25, 0.3) is 0 Å². The van der Waals surface area contributed by atoms with Gasteiger partial charge in [-0.2, -0.15) is 0 Å². The zero-order chi connectivity index (χ0) is 7.98. The van der Waals surface area contributed by atoms with E-state index in [2.05, 4.69) is 13.8 Å². The van der Waals surface area contributed by atoms with Crippen molar-refractivity contribution in [3.05, 3.63) is 0 Å². The van der Waals surface area contributed by atoms with E-state index in [9.17, 15) is 0 Å². The predicted molar refractivity (Wildman–Crippen MR) is 45.8 cm³/mol. The van der Waals surface area contributed by atoms with E-state index in [-0.39, 0.29) is 12.1 Å². The molecule has 10 heavy (non-hydrogen) atoms. The summed E-state index contributed by atoms with van der Waals surface area (Å²) in [5, 5.41) is 0. The number of hydrogen-bond acceptors (Lipinski definition) is 2. The first-order valence-electron chi connectivity index (χ1n) is 4.23. The van der Waals surface area contributed by atoms with Gasteiger partial charge >= 0.3 is 0 Å². The average molecular weight is 144 g/mol. The highest BCUT2D eigenvalue weighted by atomic mass is 14.8. The smallest absolute Gasteiger partial charge is 0.0192 e. The van der Waals surface area contributed by atoms with Crippen LogP contribution >= 0.6 is 0 Å². The first-order valence-corrected chi connectivity index (χ1v) is 4.23. The highest BCUT2D eigenvalue weighted by Gasteiger charge is 2.08. The summed E-state index contributed by atoms with van der Waals surface area (Å²) in [4.78, 5) is 0. The molecule has 2 heteroatoms. The van der Waals surface area contributed by atoms with Crippen molar-refractivity contribution in [2.24, 2.45) is 11.5 Å². The lowest BCUT2D eigenvalue weighted by molar-refractivity contribution is 0.469. The van der Waals surface area contributed by atoms with E-state index < -0.39 is 0 Å². The highest BCUT2D eigenvalue weighted by molar-refractivity contribution is 4.73. The van der Waals surface area contributed by atoms with Crippen molar-refractivity contribution in [3.63, 3.8) is 0 Å². The van der Waals surface area contributed by atoms with Crippen LogP contribution in [0.4, 0.5) is 0 Å². The van der Waals surface area contributed by atoms with Gasteiger partial charge in [0.15, 0.2) is 0 Å². The molecule has 0 aromatic heterocycles. The van der Waals surface area contributed by atoms with E-state index in [0.717, 1.165) is 12.8 Å². The molecule has 0 aromatic carbocycles. The zero-order valence-corrected chi connectivity index (χ0v) is 7.14. The van der Waals surface area contributed by atoms with Crippen molar-refractivity contribution in [1.82, 2.24) is 0 Å². The fourth-order valence-electron chi connectivity index (χ4n) is 0.957. The molecule has 0 heterocycles. The van der Waals surface area contributed by atoms with Crippen molar-refractivity contribution < 1.29 is 0 Å². The summed E-state index contributed by atoms with van der Waals surface area (Å²) in [6.07, 6.45) is 4.48. The van der Waals surface area contributed by atoms with Crippen molar-refractivity contribution in [2.45, 2.75) is 51.6 Å². The van der Waals surface area contributed by atoms with Gasteiger partial charge in [0.25, 0.3) is 0 Å². The summed E-state index contributed by atoms with van der Waals surface area (Å²) in [6, 6.07) is 0.413. The highest BCUT2D eigenvalue weighted by Crippen LogP contribution is 2.02. The Morgan fingerprint density at radius 2 is 1.70 bits per heavy atom. The first kappa shape index (κ1) is 9.92. The van der Waals surface area contributed by atoms with Crippen molar-refractivity contribution in [1.29, 1.82) is 0 Å². The minimum Gasteiger partial charge on any atom is -0.326 e. The standard InChI is InChI=1S/C8H20N2/c1-3-5-6-8(10)7(9)4-2/h7-8H,3-6,9-10H2,1-2H3. The monoisotopic (exact) mass is 144 g/mol. The normalized spacial score (nSPS) is 16.8. The van der Waals surface area contributed by atoms with Crippen LogP contribution in [0.1, 0.15) is 39.5 Å². The lowest BCUT2D eigenvalue weighted by Gasteiger charge is -2.17. The fourth-order valence-corrected chi connectivity index (χ4v) is 0.957. The van der Waals surface area contributed by atoms with Gasteiger partial charge < -0.3 is 11.5 Å². The van der Waals surface area contributed by atoms with Crippen LogP contribution in [-0.4, -0.2) is 12.1 Å². The third-order valence-corrected chi connectivity index (χ3v) is 1.91. The van der Waals surface area contributed by atoms with Gasteiger partial charge in [-0.3, -0.25) is 0 Å². The van der Waals surface area contributed by atoms with Crippen molar-refractivity contribution in [2.75, 3.05) is 0 Å². The number of nitrogens with two attached hydrogens (primary N) is 2. The van der Waals surface area contributed by atoms with Gasteiger partial charge in [0.05, 0.1) is 0 Å². The Balaban J connectivity index is 3.31. The Kier molecular flexibility index (Phi) is 5.64. The van der Waals surface area contributed by atoms with Gasteiger partial charge in [-0.1, -0.05) is 26.7 Å². The van der Waals surface area contributed by atoms with E-state index in [4.69, 9.17) is 11.5 Å². The van der Waals surface area contributed by atoms with E-state index in [0.29, 0.717) is 0 Å². The lowest BCUT2D eigenvalue weighted by atomic mass is 10.0. The molecule has 4 N–H and O–H groups in total. The Hall–Kier alpha value is -0.0800. The maximum atomic E-state index is 5.79.